The zero-order valence-electron chi connectivity index (χ0n) is 10.2. The number of nitrogens with one attached hydrogen (secondary N) is 1. The number of hydrogen-bond acceptors (Lipinski definition) is 3. The predicted octanol–water partition coefficient (Wildman–Crippen LogP) is 2.32. The van der Waals surface area contributed by atoms with Crippen molar-refractivity contribution in [1.29, 1.82) is 0 Å². The Morgan fingerprint density at radius 2 is 2.06 bits per heavy atom. The second-order valence-electron chi connectivity index (χ2n) is 3.59. The van der Waals surface area contributed by atoms with E-state index in [2.05, 4.69) is 36.5 Å². The Morgan fingerprint density at radius 1 is 1.19 bits per heavy atom. The molecule has 0 amide bonds. The van der Waals surface area contributed by atoms with Crippen molar-refractivity contribution >= 4 is 5.69 Å². The van der Waals surface area contributed by atoms with Gasteiger partial charge in [0, 0.05) is 19.3 Å². The molecule has 0 unspecified atom stereocenters. The fraction of sp³-hybridized carbons (Fsp3) is 0.538. The summed E-state index contributed by atoms with van der Waals surface area (Å²) in [5.74, 6) is 0. The Labute approximate surface area is 97.8 Å². The van der Waals surface area contributed by atoms with Crippen molar-refractivity contribution in [3.63, 3.8) is 0 Å². The molecule has 1 aromatic carbocycles. The van der Waals surface area contributed by atoms with Gasteiger partial charge in [0.25, 0.3) is 0 Å². The fourth-order valence-electron chi connectivity index (χ4n) is 1.41. The summed E-state index contributed by atoms with van der Waals surface area (Å²) in [6, 6.07) is 8.47. The highest BCUT2D eigenvalue weighted by Crippen LogP contribution is 2.10. The lowest BCUT2D eigenvalue weighted by atomic mass is 10.1. The van der Waals surface area contributed by atoms with Crippen molar-refractivity contribution in [2.24, 2.45) is 0 Å². The molecule has 3 nitrogen and oxygen atoms in total. The first kappa shape index (κ1) is 13.0. The van der Waals surface area contributed by atoms with E-state index in [1.54, 1.807) is 7.11 Å². The highest BCUT2D eigenvalue weighted by molar-refractivity contribution is 5.45. The quantitative estimate of drug-likeness (QED) is 0.686. The minimum absolute atomic E-state index is 0.658. The normalized spacial score (nSPS) is 10.4. The molecule has 0 saturated carbocycles. The lowest BCUT2D eigenvalue weighted by molar-refractivity contribution is 0.0759. The Kier molecular flexibility index (Phi) is 6.61. The molecule has 16 heavy (non-hydrogen) atoms. The third-order valence-electron chi connectivity index (χ3n) is 2.34. The highest BCUT2D eigenvalue weighted by Gasteiger charge is 1.93. The minimum atomic E-state index is 0.658. The lowest BCUT2D eigenvalue weighted by Gasteiger charge is -2.08. The van der Waals surface area contributed by atoms with E-state index in [0.717, 1.165) is 18.7 Å². The van der Waals surface area contributed by atoms with Crippen LogP contribution >= 0.6 is 0 Å². The summed E-state index contributed by atoms with van der Waals surface area (Å²) in [6.45, 7) is 5.02. The monoisotopic (exact) mass is 223 g/mol. The third kappa shape index (κ3) is 5.14. The average Bonchev–Trinajstić information content (AvgIpc) is 2.34. The summed E-state index contributed by atoms with van der Waals surface area (Å²) in [5.41, 5.74) is 2.51. The van der Waals surface area contributed by atoms with Gasteiger partial charge in [-0.25, -0.2) is 0 Å². The van der Waals surface area contributed by atoms with Crippen molar-refractivity contribution in [2.75, 3.05) is 38.8 Å². The first-order valence-corrected chi connectivity index (χ1v) is 5.76. The molecule has 1 N–H and O–H groups in total. The van der Waals surface area contributed by atoms with Gasteiger partial charge in [-0.1, -0.05) is 19.1 Å². The van der Waals surface area contributed by atoms with E-state index < -0.39 is 0 Å². The fourth-order valence-corrected chi connectivity index (χ4v) is 1.41. The van der Waals surface area contributed by atoms with E-state index in [-0.39, 0.29) is 0 Å². The molecule has 1 aromatic rings. The molecule has 0 aliphatic heterocycles. The van der Waals surface area contributed by atoms with Gasteiger partial charge in [0.05, 0.1) is 19.8 Å². The first-order valence-electron chi connectivity index (χ1n) is 5.76. The van der Waals surface area contributed by atoms with Crippen LogP contribution in [-0.2, 0) is 15.9 Å². The number of hydrogen-bond donors (Lipinski definition) is 1. The van der Waals surface area contributed by atoms with Crippen LogP contribution in [0.3, 0.4) is 0 Å². The summed E-state index contributed by atoms with van der Waals surface area (Å²) in [5, 5.41) is 3.33. The first-order chi connectivity index (χ1) is 7.86. The summed E-state index contributed by atoms with van der Waals surface area (Å²) >= 11 is 0. The van der Waals surface area contributed by atoms with Gasteiger partial charge < -0.3 is 14.8 Å². The molecule has 0 radical (unpaired) electrons. The smallest absolute Gasteiger partial charge is 0.0701 e. The molecule has 0 aliphatic rings. The zero-order chi connectivity index (χ0) is 11.6. The van der Waals surface area contributed by atoms with Crippen LogP contribution in [0, 0.1) is 0 Å². The Hall–Kier alpha value is -1.06. The van der Waals surface area contributed by atoms with Crippen molar-refractivity contribution in [3.05, 3.63) is 29.8 Å². The maximum absolute atomic E-state index is 5.36. The number of aryl methyl sites for hydroxylation is 1. The number of rotatable bonds is 8. The van der Waals surface area contributed by atoms with Gasteiger partial charge in [-0.15, -0.1) is 0 Å². The van der Waals surface area contributed by atoms with E-state index in [1.165, 1.54) is 5.56 Å². The molecular formula is C13H21NO2. The molecule has 0 fully saturated rings. The van der Waals surface area contributed by atoms with Crippen LogP contribution in [-0.4, -0.2) is 33.5 Å². The van der Waals surface area contributed by atoms with Crippen LogP contribution in [0.15, 0.2) is 24.3 Å². The molecule has 1 rings (SSSR count). The molecule has 90 valence electrons. The van der Waals surface area contributed by atoms with Gasteiger partial charge in [0.1, 0.15) is 0 Å². The van der Waals surface area contributed by atoms with Crippen molar-refractivity contribution in [3.8, 4) is 0 Å². The Balaban J connectivity index is 2.16. The molecule has 0 bridgehead atoms. The van der Waals surface area contributed by atoms with Crippen LogP contribution < -0.4 is 5.32 Å². The number of ether oxygens (including phenoxy) is 2. The molecule has 0 aromatic heterocycles. The average molecular weight is 223 g/mol. The van der Waals surface area contributed by atoms with E-state index in [1.807, 2.05) is 0 Å². The summed E-state index contributed by atoms with van der Waals surface area (Å²) < 4.78 is 10.3. The highest BCUT2D eigenvalue weighted by atomic mass is 16.5. The van der Waals surface area contributed by atoms with Gasteiger partial charge >= 0.3 is 0 Å². The molecular weight excluding hydrogens is 202 g/mol. The lowest BCUT2D eigenvalue weighted by Crippen LogP contribution is -2.11. The summed E-state index contributed by atoms with van der Waals surface area (Å²) in [4.78, 5) is 0. The summed E-state index contributed by atoms with van der Waals surface area (Å²) in [7, 11) is 1.68. The number of benzene rings is 1. The number of methoxy groups -OCH3 is 1. The van der Waals surface area contributed by atoms with Gasteiger partial charge in [-0.3, -0.25) is 0 Å². The van der Waals surface area contributed by atoms with Crippen molar-refractivity contribution < 1.29 is 9.47 Å². The third-order valence-corrected chi connectivity index (χ3v) is 2.34. The van der Waals surface area contributed by atoms with Crippen molar-refractivity contribution in [1.82, 2.24) is 0 Å². The van der Waals surface area contributed by atoms with E-state index in [0.29, 0.717) is 19.8 Å². The van der Waals surface area contributed by atoms with Crippen LogP contribution in [0.25, 0.3) is 0 Å². The standard InChI is InChI=1S/C13H21NO2/c1-3-12-5-4-6-13(11-12)14-7-8-16-10-9-15-2/h4-6,11,14H,3,7-10H2,1-2H3. The maximum Gasteiger partial charge on any atom is 0.0701 e. The molecule has 0 aliphatic carbocycles. The molecule has 0 spiro atoms. The molecule has 0 heterocycles. The van der Waals surface area contributed by atoms with Gasteiger partial charge in [-0.05, 0) is 24.1 Å². The van der Waals surface area contributed by atoms with E-state index in [9.17, 15) is 0 Å². The topological polar surface area (TPSA) is 30.5 Å². The van der Waals surface area contributed by atoms with E-state index >= 15 is 0 Å². The van der Waals surface area contributed by atoms with Crippen LogP contribution in [0.1, 0.15) is 12.5 Å². The van der Waals surface area contributed by atoms with Gasteiger partial charge in [0.2, 0.25) is 0 Å². The second kappa shape index (κ2) is 8.13. The van der Waals surface area contributed by atoms with Crippen LogP contribution in [0.2, 0.25) is 0 Å². The second-order valence-corrected chi connectivity index (χ2v) is 3.59. The van der Waals surface area contributed by atoms with Crippen LogP contribution in [0.4, 0.5) is 5.69 Å². The Bertz CT molecular complexity index is 289. The van der Waals surface area contributed by atoms with E-state index in [4.69, 9.17) is 9.47 Å². The van der Waals surface area contributed by atoms with Gasteiger partial charge in [0.15, 0.2) is 0 Å². The van der Waals surface area contributed by atoms with Gasteiger partial charge in [-0.2, -0.15) is 0 Å². The largest absolute Gasteiger partial charge is 0.383 e. The molecule has 0 atom stereocenters. The van der Waals surface area contributed by atoms with Crippen molar-refractivity contribution in [2.45, 2.75) is 13.3 Å². The SMILES string of the molecule is CCc1cccc(NCCOCCOC)c1. The molecule has 0 saturated heterocycles. The maximum atomic E-state index is 5.36. The zero-order valence-corrected chi connectivity index (χ0v) is 10.2. The summed E-state index contributed by atoms with van der Waals surface area (Å²) in [6.07, 6.45) is 1.07. The van der Waals surface area contributed by atoms with Crippen LogP contribution in [0.5, 0.6) is 0 Å². The number of anilines is 1. The predicted molar refractivity (Wildman–Crippen MR) is 67.0 cm³/mol. The minimum Gasteiger partial charge on any atom is -0.383 e. The molecule has 3 heteroatoms. The Morgan fingerprint density at radius 3 is 2.81 bits per heavy atom.